The van der Waals surface area contributed by atoms with E-state index in [9.17, 15) is 9.59 Å². The minimum Gasteiger partial charge on any atom is -0.493 e. The SMILES string of the molecule is COc1cc(-c2ccc(SC)cc2)cc2c1OCCN(C(=O)Cc1ccc(N3CCNC3=O)cc1)C2. The summed E-state index contributed by atoms with van der Waals surface area (Å²) < 4.78 is 11.7. The fourth-order valence-corrected chi connectivity index (χ4v) is 5.00. The van der Waals surface area contributed by atoms with Gasteiger partial charge in [-0.1, -0.05) is 24.3 Å². The molecule has 0 saturated carbocycles. The predicted molar refractivity (Wildman–Crippen MR) is 142 cm³/mol. The summed E-state index contributed by atoms with van der Waals surface area (Å²) in [5, 5.41) is 2.80. The maximum absolute atomic E-state index is 13.3. The van der Waals surface area contributed by atoms with E-state index in [4.69, 9.17) is 9.47 Å². The van der Waals surface area contributed by atoms with E-state index < -0.39 is 0 Å². The van der Waals surface area contributed by atoms with Gasteiger partial charge in [0.05, 0.1) is 20.1 Å². The first-order valence-corrected chi connectivity index (χ1v) is 13.2. The van der Waals surface area contributed by atoms with E-state index in [2.05, 4.69) is 41.9 Å². The number of thioether (sulfide) groups is 1. The van der Waals surface area contributed by atoms with Gasteiger partial charge in [-0.2, -0.15) is 0 Å². The van der Waals surface area contributed by atoms with Crippen molar-refractivity contribution in [1.29, 1.82) is 0 Å². The number of urea groups is 1. The molecule has 0 spiro atoms. The molecule has 1 fully saturated rings. The van der Waals surface area contributed by atoms with Crippen molar-refractivity contribution in [1.82, 2.24) is 10.2 Å². The zero-order chi connectivity index (χ0) is 25.1. The average Bonchev–Trinajstić information content (AvgIpc) is 3.22. The highest BCUT2D eigenvalue weighted by Gasteiger charge is 2.24. The number of hydrogen-bond acceptors (Lipinski definition) is 5. The number of rotatable bonds is 6. The van der Waals surface area contributed by atoms with Gasteiger partial charge in [0, 0.05) is 35.8 Å². The van der Waals surface area contributed by atoms with Crippen molar-refractivity contribution in [2.24, 2.45) is 0 Å². The van der Waals surface area contributed by atoms with Gasteiger partial charge in [0.2, 0.25) is 5.91 Å². The Balaban J connectivity index is 1.34. The molecule has 186 valence electrons. The molecule has 5 rings (SSSR count). The van der Waals surface area contributed by atoms with Crippen molar-refractivity contribution >= 4 is 29.4 Å². The summed E-state index contributed by atoms with van der Waals surface area (Å²) in [6.07, 6.45) is 2.35. The standard InChI is InChI=1S/C28H29N3O4S/c1-34-25-17-21(20-5-9-24(36-2)10-6-20)16-22-18-30(13-14-35-27(22)25)26(32)15-19-3-7-23(8-4-19)31-12-11-29-28(31)33/h3-10,16-17H,11-15,18H2,1-2H3,(H,29,33). The molecular formula is C28H29N3O4S. The number of ether oxygens (including phenoxy) is 2. The lowest BCUT2D eigenvalue weighted by molar-refractivity contribution is -0.131. The van der Waals surface area contributed by atoms with Crippen LogP contribution in [-0.2, 0) is 17.8 Å². The van der Waals surface area contributed by atoms with Gasteiger partial charge in [-0.15, -0.1) is 11.8 Å². The highest BCUT2D eigenvalue weighted by atomic mass is 32.2. The van der Waals surface area contributed by atoms with Crippen LogP contribution in [0.2, 0.25) is 0 Å². The van der Waals surface area contributed by atoms with Crippen LogP contribution in [-0.4, -0.2) is 56.4 Å². The summed E-state index contributed by atoms with van der Waals surface area (Å²) in [5.74, 6) is 1.41. The van der Waals surface area contributed by atoms with Crippen LogP contribution >= 0.6 is 11.8 Å². The first-order valence-electron chi connectivity index (χ1n) is 12.0. The van der Waals surface area contributed by atoms with E-state index in [1.54, 1.807) is 23.8 Å². The van der Waals surface area contributed by atoms with Crippen molar-refractivity contribution in [2.75, 3.05) is 44.5 Å². The predicted octanol–water partition coefficient (Wildman–Crippen LogP) is 4.58. The molecule has 3 aromatic rings. The normalized spacial score (nSPS) is 15.1. The molecule has 1 N–H and O–H groups in total. The molecule has 0 aliphatic carbocycles. The van der Waals surface area contributed by atoms with E-state index in [1.807, 2.05) is 35.2 Å². The van der Waals surface area contributed by atoms with Crippen LogP contribution in [0.25, 0.3) is 11.1 Å². The second-order valence-corrected chi connectivity index (χ2v) is 9.67. The van der Waals surface area contributed by atoms with Crippen LogP contribution in [0.1, 0.15) is 11.1 Å². The number of methoxy groups -OCH3 is 1. The summed E-state index contributed by atoms with van der Waals surface area (Å²) in [5.41, 5.74) is 4.79. The third-order valence-electron chi connectivity index (χ3n) is 6.56. The van der Waals surface area contributed by atoms with Gasteiger partial charge in [-0.05, 0) is 59.3 Å². The molecular weight excluding hydrogens is 474 g/mol. The third-order valence-corrected chi connectivity index (χ3v) is 7.30. The largest absolute Gasteiger partial charge is 0.493 e. The van der Waals surface area contributed by atoms with E-state index in [0.717, 1.165) is 27.9 Å². The quantitative estimate of drug-likeness (QED) is 0.499. The number of benzene rings is 3. The number of nitrogens with zero attached hydrogens (tertiary/aromatic N) is 2. The highest BCUT2D eigenvalue weighted by molar-refractivity contribution is 7.98. The van der Waals surface area contributed by atoms with Crippen LogP contribution in [0.3, 0.4) is 0 Å². The van der Waals surface area contributed by atoms with Crippen molar-refractivity contribution in [3.05, 3.63) is 71.8 Å². The maximum atomic E-state index is 13.3. The Bertz CT molecular complexity index is 1260. The zero-order valence-corrected chi connectivity index (χ0v) is 21.3. The number of amides is 3. The van der Waals surface area contributed by atoms with E-state index >= 15 is 0 Å². The van der Waals surface area contributed by atoms with Crippen molar-refractivity contribution < 1.29 is 19.1 Å². The summed E-state index contributed by atoms with van der Waals surface area (Å²) >= 11 is 1.71. The van der Waals surface area contributed by atoms with Gasteiger partial charge in [0.25, 0.3) is 0 Å². The van der Waals surface area contributed by atoms with Crippen LogP contribution < -0.4 is 19.7 Å². The summed E-state index contributed by atoms with van der Waals surface area (Å²) in [4.78, 5) is 29.9. The molecule has 0 bridgehead atoms. The van der Waals surface area contributed by atoms with Gasteiger partial charge in [0.15, 0.2) is 11.5 Å². The highest BCUT2D eigenvalue weighted by Crippen LogP contribution is 2.38. The fourth-order valence-electron chi connectivity index (χ4n) is 4.60. The lowest BCUT2D eigenvalue weighted by Crippen LogP contribution is -2.33. The fraction of sp³-hybridized carbons (Fsp3) is 0.286. The van der Waals surface area contributed by atoms with E-state index in [0.29, 0.717) is 44.3 Å². The molecule has 1 saturated heterocycles. The zero-order valence-electron chi connectivity index (χ0n) is 20.5. The number of nitrogens with one attached hydrogen (secondary N) is 1. The Labute approximate surface area is 215 Å². The number of carbonyl (C=O) groups is 2. The molecule has 0 radical (unpaired) electrons. The average molecular weight is 504 g/mol. The molecule has 2 aliphatic rings. The maximum Gasteiger partial charge on any atom is 0.321 e. The molecule has 8 heteroatoms. The summed E-state index contributed by atoms with van der Waals surface area (Å²) in [6, 6.07) is 20.0. The van der Waals surface area contributed by atoms with Gasteiger partial charge in [-0.25, -0.2) is 4.79 Å². The first-order chi connectivity index (χ1) is 17.6. The van der Waals surface area contributed by atoms with Crippen LogP contribution in [0.4, 0.5) is 10.5 Å². The van der Waals surface area contributed by atoms with Gasteiger partial charge in [0.1, 0.15) is 6.61 Å². The number of carbonyl (C=O) groups excluding carboxylic acids is 2. The summed E-state index contributed by atoms with van der Waals surface area (Å²) in [7, 11) is 1.64. The van der Waals surface area contributed by atoms with Crippen molar-refractivity contribution in [3.8, 4) is 22.6 Å². The Morgan fingerprint density at radius 3 is 2.50 bits per heavy atom. The lowest BCUT2D eigenvalue weighted by Gasteiger charge is -2.21. The smallest absolute Gasteiger partial charge is 0.321 e. The number of anilines is 1. The van der Waals surface area contributed by atoms with Gasteiger partial charge in [-0.3, -0.25) is 9.69 Å². The Kier molecular flexibility index (Phi) is 7.04. The Morgan fingerprint density at radius 1 is 1.06 bits per heavy atom. The lowest BCUT2D eigenvalue weighted by atomic mass is 10.0. The summed E-state index contributed by atoms with van der Waals surface area (Å²) in [6.45, 7) is 2.65. The topological polar surface area (TPSA) is 71.1 Å². The second kappa shape index (κ2) is 10.5. The second-order valence-electron chi connectivity index (χ2n) is 8.79. The van der Waals surface area contributed by atoms with E-state index in [1.165, 1.54) is 4.90 Å². The van der Waals surface area contributed by atoms with Gasteiger partial charge < -0.3 is 19.7 Å². The van der Waals surface area contributed by atoms with Crippen LogP contribution in [0, 0.1) is 0 Å². The van der Waals surface area contributed by atoms with E-state index in [-0.39, 0.29) is 18.4 Å². The van der Waals surface area contributed by atoms with Crippen LogP contribution in [0.15, 0.2) is 65.6 Å². The Morgan fingerprint density at radius 2 is 1.83 bits per heavy atom. The molecule has 36 heavy (non-hydrogen) atoms. The number of fused-ring (bicyclic) bond motifs is 1. The van der Waals surface area contributed by atoms with Gasteiger partial charge >= 0.3 is 6.03 Å². The minimum absolute atomic E-state index is 0.0341. The van der Waals surface area contributed by atoms with Crippen molar-refractivity contribution in [3.63, 3.8) is 0 Å². The first kappa shape index (κ1) is 24.1. The minimum atomic E-state index is -0.0861. The molecule has 0 atom stereocenters. The number of hydrogen-bond donors (Lipinski definition) is 1. The molecule has 2 heterocycles. The monoisotopic (exact) mass is 503 g/mol. The molecule has 0 aromatic heterocycles. The van der Waals surface area contributed by atoms with Crippen molar-refractivity contribution in [2.45, 2.75) is 17.9 Å². The molecule has 7 nitrogen and oxygen atoms in total. The third kappa shape index (κ3) is 4.99. The van der Waals surface area contributed by atoms with Crippen LogP contribution in [0.5, 0.6) is 11.5 Å². The molecule has 0 unspecified atom stereocenters. The molecule has 3 amide bonds. The molecule has 3 aromatic carbocycles. The Hall–Kier alpha value is -3.65. The molecule has 2 aliphatic heterocycles.